The SMILES string of the molecule is CC(=O)O[C@@H](C(=O)N1CCc2ccccc2[C@H]1c1ccccc1F)c1ccccc1. The maximum atomic E-state index is 14.8. The van der Waals surface area contributed by atoms with Crippen LogP contribution in [0.5, 0.6) is 0 Å². The molecule has 0 saturated heterocycles. The predicted molar refractivity (Wildman–Crippen MR) is 111 cm³/mol. The molecule has 0 fully saturated rings. The Hall–Kier alpha value is -3.47. The van der Waals surface area contributed by atoms with Gasteiger partial charge in [0, 0.05) is 24.6 Å². The van der Waals surface area contributed by atoms with Crippen molar-refractivity contribution in [1.29, 1.82) is 0 Å². The molecule has 5 heteroatoms. The van der Waals surface area contributed by atoms with Crippen molar-refractivity contribution in [1.82, 2.24) is 4.90 Å². The van der Waals surface area contributed by atoms with E-state index in [0.29, 0.717) is 24.1 Å². The summed E-state index contributed by atoms with van der Waals surface area (Å²) >= 11 is 0. The lowest BCUT2D eigenvalue weighted by molar-refractivity contribution is -0.160. The van der Waals surface area contributed by atoms with Crippen LogP contribution in [0.3, 0.4) is 0 Å². The van der Waals surface area contributed by atoms with Gasteiger partial charge in [-0.1, -0.05) is 72.8 Å². The average Bonchev–Trinajstić information content (AvgIpc) is 2.77. The Labute approximate surface area is 174 Å². The highest BCUT2D eigenvalue weighted by atomic mass is 19.1. The third kappa shape index (κ3) is 3.83. The van der Waals surface area contributed by atoms with E-state index in [0.717, 1.165) is 11.1 Å². The lowest BCUT2D eigenvalue weighted by Gasteiger charge is -2.39. The molecule has 0 bridgehead atoms. The van der Waals surface area contributed by atoms with Gasteiger partial charge < -0.3 is 9.64 Å². The number of nitrogens with zero attached hydrogens (tertiary/aromatic N) is 1. The topological polar surface area (TPSA) is 46.6 Å². The number of esters is 1. The van der Waals surface area contributed by atoms with Gasteiger partial charge in [0.05, 0.1) is 6.04 Å². The van der Waals surface area contributed by atoms with Crippen LogP contribution in [0.4, 0.5) is 4.39 Å². The molecule has 0 unspecified atom stereocenters. The van der Waals surface area contributed by atoms with Gasteiger partial charge in [-0.05, 0) is 23.6 Å². The molecule has 0 aliphatic carbocycles. The zero-order chi connectivity index (χ0) is 21.1. The van der Waals surface area contributed by atoms with Crippen LogP contribution in [0.25, 0.3) is 0 Å². The highest BCUT2D eigenvalue weighted by Gasteiger charge is 2.38. The highest BCUT2D eigenvalue weighted by molar-refractivity contribution is 5.85. The Balaban J connectivity index is 1.80. The molecule has 1 heterocycles. The van der Waals surface area contributed by atoms with E-state index in [1.807, 2.05) is 30.3 Å². The zero-order valence-corrected chi connectivity index (χ0v) is 16.6. The molecule has 4 nitrogen and oxygen atoms in total. The van der Waals surface area contributed by atoms with E-state index < -0.39 is 18.1 Å². The molecular formula is C25H22FNO3. The minimum absolute atomic E-state index is 0.362. The van der Waals surface area contributed by atoms with Gasteiger partial charge in [-0.25, -0.2) is 4.39 Å². The minimum Gasteiger partial charge on any atom is -0.447 e. The second-order valence-corrected chi connectivity index (χ2v) is 7.30. The molecule has 1 amide bonds. The van der Waals surface area contributed by atoms with Crippen LogP contribution >= 0.6 is 0 Å². The Morgan fingerprint density at radius 1 is 0.933 bits per heavy atom. The van der Waals surface area contributed by atoms with Gasteiger partial charge in [0.15, 0.2) is 0 Å². The fraction of sp³-hybridized carbons (Fsp3) is 0.200. The molecular weight excluding hydrogens is 381 g/mol. The van der Waals surface area contributed by atoms with Crippen molar-refractivity contribution in [2.24, 2.45) is 0 Å². The molecule has 0 spiro atoms. The van der Waals surface area contributed by atoms with Gasteiger partial charge in [-0.15, -0.1) is 0 Å². The maximum absolute atomic E-state index is 14.8. The molecule has 2 atom stereocenters. The lowest BCUT2D eigenvalue weighted by Crippen LogP contribution is -2.44. The van der Waals surface area contributed by atoms with Crippen molar-refractivity contribution < 1.29 is 18.7 Å². The summed E-state index contributed by atoms with van der Waals surface area (Å²) in [6, 6.07) is 22.6. The number of benzene rings is 3. The molecule has 0 saturated carbocycles. The lowest BCUT2D eigenvalue weighted by atomic mass is 9.87. The predicted octanol–water partition coefficient (Wildman–Crippen LogP) is 4.60. The Morgan fingerprint density at radius 2 is 1.57 bits per heavy atom. The normalized spacial score (nSPS) is 16.5. The van der Waals surface area contributed by atoms with Crippen LogP contribution in [0.2, 0.25) is 0 Å². The number of amides is 1. The first-order valence-electron chi connectivity index (χ1n) is 9.91. The van der Waals surface area contributed by atoms with Crippen molar-refractivity contribution in [3.05, 3.63) is 107 Å². The Bertz CT molecular complexity index is 1070. The van der Waals surface area contributed by atoms with E-state index in [4.69, 9.17) is 4.74 Å². The van der Waals surface area contributed by atoms with Gasteiger partial charge in [-0.2, -0.15) is 0 Å². The number of rotatable bonds is 4. The summed E-state index contributed by atoms with van der Waals surface area (Å²) in [7, 11) is 0. The summed E-state index contributed by atoms with van der Waals surface area (Å²) in [6.45, 7) is 1.68. The Morgan fingerprint density at radius 3 is 2.27 bits per heavy atom. The smallest absolute Gasteiger partial charge is 0.303 e. The Kier molecular flexibility index (Phi) is 5.61. The van der Waals surface area contributed by atoms with Crippen LogP contribution in [-0.4, -0.2) is 23.3 Å². The van der Waals surface area contributed by atoms with Gasteiger partial charge in [0.1, 0.15) is 5.82 Å². The third-order valence-electron chi connectivity index (χ3n) is 5.38. The fourth-order valence-electron chi connectivity index (χ4n) is 4.04. The summed E-state index contributed by atoms with van der Waals surface area (Å²) < 4.78 is 20.2. The van der Waals surface area contributed by atoms with Crippen molar-refractivity contribution in [3.8, 4) is 0 Å². The third-order valence-corrected chi connectivity index (χ3v) is 5.38. The molecule has 4 rings (SSSR count). The van der Waals surface area contributed by atoms with E-state index in [1.54, 1.807) is 47.4 Å². The molecule has 3 aromatic carbocycles. The molecule has 0 aromatic heterocycles. The first kappa shape index (κ1) is 19.8. The van der Waals surface area contributed by atoms with Crippen LogP contribution in [0.1, 0.15) is 41.3 Å². The summed E-state index contributed by atoms with van der Waals surface area (Å²) in [6.07, 6.45) is -0.433. The van der Waals surface area contributed by atoms with Gasteiger partial charge in [-0.3, -0.25) is 9.59 Å². The van der Waals surface area contributed by atoms with Gasteiger partial charge >= 0.3 is 5.97 Å². The van der Waals surface area contributed by atoms with E-state index in [2.05, 4.69) is 0 Å². The van der Waals surface area contributed by atoms with Crippen LogP contribution in [0, 0.1) is 5.82 Å². The number of carbonyl (C=O) groups is 2. The summed E-state index contributed by atoms with van der Waals surface area (Å²) in [5, 5.41) is 0. The fourth-order valence-corrected chi connectivity index (χ4v) is 4.04. The van der Waals surface area contributed by atoms with Crippen LogP contribution < -0.4 is 0 Å². The number of hydrogen-bond donors (Lipinski definition) is 0. The largest absolute Gasteiger partial charge is 0.447 e. The second kappa shape index (κ2) is 8.49. The standard InChI is InChI=1S/C25H22FNO3/c1-17(28)30-24(19-10-3-2-4-11-19)25(29)27-16-15-18-9-5-6-12-20(18)23(27)21-13-7-8-14-22(21)26/h2-14,23-24H,15-16H2,1H3/t23-,24+/m0/s1. The maximum Gasteiger partial charge on any atom is 0.303 e. The monoisotopic (exact) mass is 403 g/mol. The molecule has 3 aromatic rings. The van der Waals surface area contributed by atoms with Crippen molar-refractivity contribution in [2.75, 3.05) is 6.54 Å². The molecule has 1 aliphatic rings. The summed E-state index contributed by atoms with van der Waals surface area (Å²) in [5.41, 5.74) is 2.98. The zero-order valence-electron chi connectivity index (χ0n) is 16.6. The second-order valence-electron chi connectivity index (χ2n) is 7.30. The van der Waals surface area contributed by atoms with Gasteiger partial charge in [0.2, 0.25) is 6.10 Å². The first-order chi connectivity index (χ1) is 14.6. The van der Waals surface area contributed by atoms with E-state index >= 15 is 0 Å². The summed E-state index contributed by atoms with van der Waals surface area (Å²) in [4.78, 5) is 27.1. The molecule has 0 N–H and O–H groups in total. The van der Waals surface area contributed by atoms with Crippen LogP contribution in [-0.2, 0) is 20.7 Å². The molecule has 30 heavy (non-hydrogen) atoms. The molecule has 152 valence electrons. The van der Waals surface area contributed by atoms with Gasteiger partial charge in [0.25, 0.3) is 5.91 Å². The van der Waals surface area contributed by atoms with Crippen molar-refractivity contribution >= 4 is 11.9 Å². The van der Waals surface area contributed by atoms with E-state index in [-0.39, 0.29) is 11.7 Å². The number of hydrogen-bond acceptors (Lipinski definition) is 3. The van der Waals surface area contributed by atoms with Crippen molar-refractivity contribution in [3.63, 3.8) is 0 Å². The molecule has 1 aliphatic heterocycles. The average molecular weight is 403 g/mol. The number of ether oxygens (including phenoxy) is 1. The number of carbonyl (C=O) groups excluding carboxylic acids is 2. The van der Waals surface area contributed by atoms with E-state index in [1.165, 1.54) is 13.0 Å². The number of halogens is 1. The number of fused-ring (bicyclic) bond motifs is 1. The van der Waals surface area contributed by atoms with E-state index in [9.17, 15) is 14.0 Å². The van der Waals surface area contributed by atoms with Crippen LogP contribution in [0.15, 0.2) is 78.9 Å². The minimum atomic E-state index is -1.08. The summed E-state index contributed by atoms with van der Waals surface area (Å²) in [5.74, 6) is -1.28. The highest BCUT2D eigenvalue weighted by Crippen LogP contribution is 2.38. The first-order valence-corrected chi connectivity index (χ1v) is 9.91. The van der Waals surface area contributed by atoms with Crippen molar-refractivity contribution in [2.45, 2.75) is 25.5 Å². The molecule has 0 radical (unpaired) electrons. The quantitative estimate of drug-likeness (QED) is 0.598.